The van der Waals surface area contributed by atoms with E-state index in [1.165, 1.54) is 12.5 Å². The third-order valence-corrected chi connectivity index (χ3v) is 8.42. The summed E-state index contributed by atoms with van der Waals surface area (Å²) in [7, 11) is 0. The average Bonchev–Trinajstić information content (AvgIpc) is 3.78. The maximum atomic E-state index is 13.6. The minimum Gasteiger partial charge on any atom is -0.494 e. The average molecular weight is 585 g/mol. The van der Waals surface area contributed by atoms with Crippen LogP contribution in [0.25, 0.3) is 0 Å². The lowest BCUT2D eigenvalue weighted by molar-refractivity contribution is 0.0821. The lowest BCUT2D eigenvalue weighted by Crippen LogP contribution is -2.50. The van der Waals surface area contributed by atoms with E-state index in [0.29, 0.717) is 30.7 Å². The lowest BCUT2D eigenvalue weighted by Gasteiger charge is -2.28. The Morgan fingerprint density at radius 2 is 1.95 bits per heavy atom. The molecule has 1 aliphatic heterocycles. The highest BCUT2D eigenvalue weighted by atomic mass is 16.5. The topological polar surface area (TPSA) is 113 Å². The van der Waals surface area contributed by atoms with E-state index in [4.69, 9.17) is 4.74 Å². The Morgan fingerprint density at radius 1 is 1.14 bits per heavy atom. The predicted molar refractivity (Wildman–Crippen MR) is 169 cm³/mol. The van der Waals surface area contributed by atoms with Crippen LogP contribution < -0.4 is 20.7 Å². The number of Topliss-reactive ketones (excluding diaryl/α,β-unsaturated/α-hetero) is 1. The second-order valence-corrected chi connectivity index (χ2v) is 13.0. The Balaban J connectivity index is 1.39. The Labute approximate surface area is 254 Å². The number of carbonyl (C=O) groups is 2. The fraction of sp³-hybridized carbons (Fsp3) is 0.457. The molecule has 43 heavy (non-hydrogen) atoms. The number of aliphatic hydroxyl groups excluding tert-OH is 1. The predicted octanol–water partition coefficient (Wildman–Crippen LogP) is 5.15. The number of anilines is 1. The first-order valence-corrected chi connectivity index (χ1v) is 15.4. The van der Waals surface area contributed by atoms with Crippen LogP contribution in [-0.2, 0) is 17.4 Å². The molecule has 8 heteroatoms. The van der Waals surface area contributed by atoms with Crippen molar-refractivity contribution in [1.29, 1.82) is 0 Å². The van der Waals surface area contributed by atoms with Gasteiger partial charge < -0.3 is 25.8 Å². The smallest absolute Gasteiger partial charge is 0.251 e. The zero-order valence-corrected chi connectivity index (χ0v) is 25.7. The van der Waals surface area contributed by atoms with Gasteiger partial charge in [0.1, 0.15) is 5.75 Å². The van der Waals surface area contributed by atoms with E-state index in [9.17, 15) is 14.7 Å². The second-order valence-electron chi connectivity index (χ2n) is 13.0. The number of nitrogens with one attached hydrogen (secondary N) is 3. The van der Waals surface area contributed by atoms with E-state index in [2.05, 4.69) is 53.8 Å². The third kappa shape index (κ3) is 7.80. The molecule has 0 spiro atoms. The van der Waals surface area contributed by atoms with Crippen molar-refractivity contribution < 1.29 is 19.4 Å². The number of hydrogen-bond donors (Lipinski definition) is 4. The van der Waals surface area contributed by atoms with Crippen LogP contribution in [0.15, 0.2) is 60.8 Å². The van der Waals surface area contributed by atoms with Crippen molar-refractivity contribution in [2.24, 2.45) is 0 Å². The molecule has 1 fully saturated rings. The fourth-order valence-corrected chi connectivity index (χ4v) is 5.51. The molecule has 4 N–H and O–H groups in total. The molecule has 2 aromatic carbocycles. The molecule has 4 bridgehead atoms. The van der Waals surface area contributed by atoms with Gasteiger partial charge in [-0.3, -0.25) is 14.6 Å². The number of fused-ring (bicyclic) bond motifs is 4. The molecule has 3 aromatic rings. The van der Waals surface area contributed by atoms with Crippen LogP contribution in [0.3, 0.4) is 0 Å². The van der Waals surface area contributed by atoms with Gasteiger partial charge in [0.2, 0.25) is 0 Å². The number of hydrogen-bond acceptors (Lipinski definition) is 7. The zero-order valence-electron chi connectivity index (χ0n) is 25.7. The van der Waals surface area contributed by atoms with Gasteiger partial charge in [-0.2, -0.15) is 0 Å². The quantitative estimate of drug-likeness (QED) is 0.297. The van der Waals surface area contributed by atoms with Crippen molar-refractivity contribution in [2.45, 2.75) is 82.9 Å². The SMILES string of the molecule is CC(=O)c1cc2cc(c1)C(=O)N[C@H]([C@H](O)CNC1(c3cc(C(C)(C)C)ccn3)CC1)Cc1cccc(c1)OCCCCN2. The first-order chi connectivity index (χ1) is 20.5. The van der Waals surface area contributed by atoms with Gasteiger partial charge in [0.05, 0.1) is 30.0 Å². The van der Waals surface area contributed by atoms with E-state index >= 15 is 0 Å². The number of aliphatic hydroxyl groups is 1. The molecule has 1 aliphatic carbocycles. The Bertz CT molecular complexity index is 1460. The van der Waals surface area contributed by atoms with Crippen LogP contribution in [-0.4, -0.2) is 53.6 Å². The van der Waals surface area contributed by atoms with E-state index in [-0.39, 0.29) is 29.2 Å². The molecule has 1 saturated carbocycles. The number of pyridine rings is 1. The van der Waals surface area contributed by atoms with E-state index in [1.807, 2.05) is 30.5 Å². The summed E-state index contributed by atoms with van der Waals surface area (Å²) in [4.78, 5) is 30.6. The van der Waals surface area contributed by atoms with Crippen LogP contribution in [0, 0.1) is 0 Å². The third-order valence-electron chi connectivity index (χ3n) is 8.42. The molecule has 8 nitrogen and oxygen atoms in total. The maximum Gasteiger partial charge on any atom is 0.251 e. The van der Waals surface area contributed by atoms with Crippen LogP contribution >= 0.6 is 0 Å². The first kappa shape index (κ1) is 30.7. The molecule has 2 heterocycles. The lowest BCUT2D eigenvalue weighted by atomic mass is 9.86. The minimum atomic E-state index is -0.885. The van der Waals surface area contributed by atoms with Crippen molar-refractivity contribution in [3.05, 3.63) is 88.7 Å². The highest BCUT2D eigenvalue weighted by molar-refractivity contribution is 6.01. The molecular formula is C35H44N4O4. The molecule has 1 amide bonds. The Morgan fingerprint density at radius 3 is 2.70 bits per heavy atom. The van der Waals surface area contributed by atoms with Gasteiger partial charge in [-0.1, -0.05) is 32.9 Å². The van der Waals surface area contributed by atoms with Crippen molar-refractivity contribution in [2.75, 3.05) is 25.0 Å². The zero-order chi connectivity index (χ0) is 30.6. The van der Waals surface area contributed by atoms with Crippen LogP contribution in [0.2, 0.25) is 0 Å². The van der Waals surface area contributed by atoms with Crippen molar-refractivity contribution >= 4 is 17.4 Å². The van der Waals surface area contributed by atoms with Crippen molar-refractivity contribution in [3.8, 4) is 5.75 Å². The summed E-state index contributed by atoms with van der Waals surface area (Å²) in [6.45, 7) is 9.61. The summed E-state index contributed by atoms with van der Waals surface area (Å²) in [5.41, 5.74) is 4.45. The molecule has 1 aromatic heterocycles. The summed E-state index contributed by atoms with van der Waals surface area (Å²) in [5, 5.41) is 21.6. The number of carbonyl (C=O) groups excluding carboxylic acids is 2. The summed E-state index contributed by atoms with van der Waals surface area (Å²) in [5.74, 6) is 0.320. The number of ketones is 1. The number of amides is 1. The molecule has 0 radical (unpaired) electrons. The standard InChI is InChI=1S/C35H44N4O4/c1-23(40)25-18-26-20-28(19-25)36-13-5-6-15-43-29-9-7-8-24(16-29)17-30(39-33(26)42)31(41)22-38-35(11-12-35)32-21-27(10-14-37-32)34(2,3)4/h7-10,14,16,18-21,30-31,36,38,41H,5-6,11-13,15,17,22H2,1-4H3,(H,39,42)/t30-,31+/m0/s1. The number of nitrogens with zero attached hydrogens (tertiary/aromatic N) is 1. The van der Waals surface area contributed by atoms with Gasteiger partial charge in [-0.15, -0.1) is 0 Å². The Kier molecular flexibility index (Phi) is 9.18. The number of ether oxygens (including phenoxy) is 1. The van der Waals surface area contributed by atoms with Crippen LogP contribution in [0.1, 0.15) is 90.9 Å². The molecule has 2 atom stereocenters. The van der Waals surface area contributed by atoms with Gasteiger partial charge >= 0.3 is 0 Å². The monoisotopic (exact) mass is 584 g/mol. The van der Waals surface area contributed by atoms with Gasteiger partial charge in [0.25, 0.3) is 5.91 Å². The summed E-state index contributed by atoms with van der Waals surface area (Å²) >= 11 is 0. The number of rotatable bonds is 6. The molecule has 228 valence electrons. The highest BCUT2D eigenvalue weighted by Crippen LogP contribution is 2.45. The largest absolute Gasteiger partial charge is 0.494 e. The van der Waals surface area contributed by atoms with Gasteiger partial charge in [0.15, 0.2) is 5.78 Å². The normalized spacial score (nSPS) is 19.4. The van der Waals surface area contributed by atoms with Gasteiger partial charge in [0, 0.05) is 36.1 Å². The van der Waals surface area contributed by atoms with E-state index < -0.39 is 12.1 Å². The molecule has 0 saturated heterocycles. The van der Waals surface area contributed by atoms with Crippen LogP contribution in [0.4, 0.5) is 5.69 Å². The minimum absolute atomic E-state index is 0.00854. The Hall–Kier alpha value is -3.75. The highest BCUT2D eigenvalue weighted by Gasteiger charge is 2.46. The number of aromatic nitrogens is 1. The van der Waals surface area contributed by atoms with Crippen LogP contribution in [0.5, 0.6) is 5.75 Å². The number of benzene rings is 2. The van der Waals surface area contributed by atoms with E-state index in [0.717, 1.165) is 48.4 Å². The second kappa shape index (κ2) is 12.9. The molecule has 2 aliphatic rings. The van der Waals surface area contributed by atoms with Gasteiger partial charge in [-0.25, -0.2) is 0 Å². The molecule has 5 rings (SSSR count). The fourth-order valence-electron chi connectivity index (χ4n) is 5.51. The summed E-state index contributed by atoms with van der Waals surface area (Å²) in [6, 6.07) is 16.6. The molecule has 0 unspecified atom stereocenters. The van der Waals surface area contributed by atoms with E-state index in [1.54, 1.807) is 18.2 Å². The first-order valence-electron chi connectivity index (χ1n) is 15.4. The molecular weight excluding hydrogens is 540 g/mol. The maximum absolute atomic E-state index is 13.6. The van der Waals surface area contributed by atoms with Crippen molar-refractivity contribution in [1.82, 2.24) is 15.6 Å². The summed E-state index contributed by atoms with van der Waals surface area (Å²) in [6.07, 6.45) is 5.00. The van der Waals surface area contributed by atoms with Gasteiger partial charge in [-0.05, 0) is 98.0 Å². The van der Waals surface area contributed by atoms with Crippen molar-refractivity contribution in [3.63, 3.8) is 0 Å². The summed E-state index contributed by atoms with van der Waals surface area (Å²) < 4.78 is 6.00.